The molecule has 0 aliphatic carbocycles. The zero-order chi connectivity index (χ0) is 20.3. The number of nitrogens with zero attached hydrogens (tertiary/aromatic N) is 1. The Kier molecular flexibility index (Phi) is 6.26. The fourth-order valence-corrected chi connectivity index (χ4v) is 3.50. The van der Waals surface area contributed by atoms with Gasteiger partial charge in [-0.2, -0.15) is 0 Å². The number of hydrogen-bond donors (Lipinski definition) is 2. The summed E-state index contributed by atoms with van der Waals surface area (Å²) in [6.45, 7) is 6.31. The normalized spacial score (nSPS) is 15.9. The molecule has 1 aliphatic heterocycles. The molecule has 2 N–H and O–H groups in total. The molecule has 0 spiro atoms. The van der Waals surface area contributed by atoms with Crippen molar-refractivity contribution in [3.8, 4) is 5.75 Å². The topological polar surface area (TPSA) is 76.2 Å². The van der Waals surface area contributed by atoms with Crippen LogP contribution >= 0.6 is 11.6 Å². The van der Waals surface area contributed by atoms with Gasteiger partial charge >= 0.3 is 0 Å². The van der Waals surface area contributed by atoms with Gasteiger partial charge in [-0.15, -0.1) is 0 Å². The number of methoxy groups -OCH3 is 1. The number of halogens is 1. The van der Waals surface area contributed by atoms with Crippen molar-refractivity contribution >= 4 is 29.1 Å². The van der Waals surface area contributed by atoms with Gasteiger partial charge in [0.05, 0.1) is 45.2 Å². The summed E-state index contributed by atoms with van der Waals surface area (Å²) in [4.78, 5) is 28.0. The lowest BCUT2D eigenvalue weighted by Gasteiger charge is -2.34. The lowest BCUT2D eigenvalue weighted by atomic mass is 10.1. The van der Waals surface area contributed by atoms with Crippen LogP contribution in [0.1, 0.15) is 23.0 Å². The third-order valence-corrected chi connectivity index (χ3v) is 5.58. The quantitative estimate of drug-likeness (QED) is 0.791. The van der Waals surface area contributed by atoms with Gasteiger partial charge in [-0.05, 0) is 37.6 Å². The monoisotopic (exact) mass is 406 g/mol. The Balaban J connectivity index is 1.59. The molecule has 3 rings (SSSR count). The smallest absolute Gasteiger partial charge is 0.289 e. The number of amides is 2. The largest absolute Gasteiger partial charge is 0.495 e. The molecule has 0 bridgehead atoms. The van der Waals surface area contributed by atoms with E-state index in [-0.39, 0.29) is 17.9 Å². The average molecular weight is 407 g/mol. The van der Waals surface area contributed by atoms with E-state index in [1.54, 1.807) is 36.3 Å². The maximum atomic E-state index is 12.8. The number of rotatable bonds is 5. The fraction of sp³-hybridized carbons (Fsp3) is 0.400. The summed E-state index contributed by atoms with van der Waals surface area (Å²) in [5.74, 6) is 0.669. The molecule has 2 heterocycles. The number of piperazine rings is 1. The van der Waals surface area contributed by atoms with Gasteiger partial charge in [0, 0.05) is 11.1 Å². The van der Waals surface area contributed by atoms with E-state index in [2.05, 4.69) is 5.32 Å². The van der Waals surface area contributed by atoms with Crippen LogP contribution in [0.2, 0.25) is 5.02 Å². The van der Waals surface area contributed by atoms with Crippen molar-refractivity contribution in [2.24, 2.45) is 0 Å². The van der Waals surface area contributed by atoms with Gasteiger partial charge in [-0.3, -0.25) is 9.59 Å². The second kappa shape index (κ2) is 8.67. The molecule has 8 heteroatoms. The van der Waals surface area contributed by atoms with Crippen molar-refractivity contribution in [2.45, 2.75) is 19.9 Å². The molecule has 1 aromatic carbocycles. The van der Waals surface area contributed by atoms with E-state index in [0.29, 0.717) is 48.4 Å². The highest BCUT2D eigenvalue weighted by atomic mass is 35.5. The van der Waals surface area contributed by atoms with Crippen molar-refractivity contribution in [3.63, 3.8) is 0 Å². The SMILES string of the molecule is COc1cc(Cl)c(C)cc1NC(=O)[C@H](C)[NH+]1CCN(C(=O)c2ccco2)CC1. The number of carbonyl (C=O) groups excluding carboxylic acids is 2. The summed E-state index contributed by atoms with van der Waals surface area (Å²) in [6, 6.07) is 6.61. The Hall–Kier alpha value is -2.51. The van der Waals surface area contributed by atoms with Crippen LogP contribution < -0.4 is 15.0 Å². The molecule has 150 valence electrons. The predicted octanol–water partition coefficient (Wildman–Crippen LogP) is 1.62. The minimum absolute atomic E-state index is 0.0965. The van der Waals surface area contributed by atoms with Crippen molar-refractivity contribution in [2.75, 3.05) is 38.6 Å². The molecule has 0 unspecified atom stereocenters. The second-order valence-electron chi connectivity index (χ2n) is 6.94. The molecule has 1 fully saturated rings. The number of benzene rings is 1. The van der Waals surface area contributed by atoms with Gasteiger partial charge in [0.1, 0.15) is 5.75 Å². The van der Waals surface area contributed by atoms with Gasteiger partial charge in [-0.1, -0.05) is 11.6 Å². The molecule has 1 atom stereocenters. The molecule has 0 radical (unpaired) electrons. The first kappa shape index (κ1) is 20.2. The van der Waals surface area contributed by atoms with Crippen LogP contribution in [0.15, 0.2) is 34.9 Å². The van der Waals surface area contributed by atoms with E-state index in [0.717, 1.165) is 10.5 Å². The average Bonchev–Trinajstić information content (AvgIpc) is 3.24. The summed E-state index contributed by atoms with van der Waals surface area (Å²) in [7, 11) is 1.54. The van der Waals surface area contributed by atoms with Gasteiger partial charge in [0.2, 0.25) is 0 Å². The standard InChI is InChI=1S/C20H24ClN3O4/c1-13-11-16(18(27-3)12-15(13)21)22-19(25)14(2)23-6-8-24(9-7-23)20(26)17-5-4-10-28-17/h4-5,10-12,14H,6-9H2,1-3H3,(H,22,25)/p+1/t14-/m0/s1. The number of nitrogens with one attached hydrogen (secondary N) is 2. The lowest BCUT2D eigenvalue weighted by molar-refractivity contribution is -0.917. The predicted molar refractivity (Wildman–Crippen MR) is 106 cm³/mol. The molecule has 28 heavy (non-hydrogen) atoms. The van der Waals surface area contributed by atoms with Crippen LogP contribution in [0.5, 0.6) is 5.75 Å². The number of aryl methyl sites for hydroxylation is 1. The molecule has 2 aromatic rings. The third kappa shape index (κ3) is 4.31. The number of hydrogen-bond acceptors (Lipinski definition) is 4. The molecule has 1 aliphatic rings. The van der Waals surface area contributed by atoms with Gasteiger partial charge in [0.15, 0.2) is 11.8 Å². The minimum Gasteiger partial charge on any atom is -0.495 e. The Morgan fingerprint density at radius 1 is 1.32 bits per heavy atom. The van der Waals surface area contributed by atoms with Crippen molar-refractivity contribution in [1.29, 1.82) is 0 Å². The third-order valence-electron chi connectivity index (χ3n) is 5.17. The number of anilines is 1. The zero-order valence-electron chi connectivity index (χ0n) is 16.3. The summed E-state index contributed by atoms with van der Waals surface area (Å²) in [5, 5.41) is 3.53. The van der Waals surface area contributed by atoms with Crippen molar-refractivity contribution < 1.29 is 23.6 Å². The summed E-state index contributed by atoms with van der Waals surface area (Å²) in [5.41, 5.74) is 1.47. The first-order chi connectivity index (χ1) is 13.4. The first-order valence-electron chi connectivity index (χ1n) is 9.23. The molecular formula is C20H25ClN3O4+. The lowest BCUT2D eigenvalue weighted by Crippen LogP contribution is -3.19. The van der Waals surface area contributed by atoms with E-state index >= 15 is 0 Å². The Morgan fingerprint density at radius 2 is 2.04 bits per heavy atom. The Bertz CT molecular complexity index is 845. The highest BCUT2D eigenvalue weighted by Gasteiger charge is 2.32. The molecule has 1 aromatic heterocycles. The Labute approximate surface area is 169 Å². The van der Waals surface area contributed by atoms with Crippen LogP contribution in [-0.4, -0.2) is 56.0 Å². The zero-order valence-corrected chi connectivity index (χ0v) is 17.0. The van der Waals surface area contributed by atoms with E-state index in [4.69, 9.17) is 20.8 Å². The van der Waals surface area contributed by atoms with E-state index in [1.165, 1.54) is 6.26 Å². The summed E-state index contributed by atoms with van der Waals surface area (Å²) in [6.07, 6.45) is 1.49. The highest BCUT2D eigenvalue weighted by molar-refractivity contribution is 6.31. The van der Waals surface area contributed by atoms with Gasteiger partial charge in [0.25, 0.3) is 11.8 Å². The Morgan fingerprint density at radius 3 is 2.64 bits per heavy atom. The van der Waals surface area contributed by atoms with Crippen LogP contribution in [0.25, 0.3) is 0 Å². The minimum atomic E-state index is -0.262. The number of furan rings is 1. The van der Waals surface area contributed by atoms with E-state index in [9.17, 15) is 9.59 Å². The number of ether oxygens (including phenoxy) is 1. The molecule has 7 nitrogen and oxygen atoms in total. The fourth-order valence-electron chi connectivity index (χ4n) is 3.34. The van der Waals surface area contributed by atoms with Crippen LogP contribution in [0.4, 0.5) is 5.69 Å². The molecule has 2 amide bonds. The maximum absolute atomic E-state index is 12.8. The summed E-state index contributed by atoms with van der Waals surface area (Å²) < 4.78 is 10.5. The van der Waals surface area contributed by atoms with Crippen LogP contribution in [0, 0.1) is 6.92 Å². The van der Waals surface area contributed by atoms with E-state index < -0.39 is 0 Å². The van der Waals surface area contributed by atoms with Crippen molar-refractivity contribution in [3.05, 3.63) is 46.9 Å². The maximum Gasteiger partial charge on any atom is 0.289 e. The molecule has 1 saturated heterocycles. The number of carbonyl (C=O) groups is 2. The van der Waals surface area contributed by atoms with Gasteiger partial charge in [-0.25, -0.2) is 0 Å². The summed E-state index contributed by atoms with van der Waals surface area (Å²) >= 11 is 6.13. The van der Waals surface area contributed by atoms with E-state index in [1.807, 2.05) is 13.8 Å². The highest BCUT2D eigenvalue weighted by Crippen LogP contribution is 2.30. The number of quaternary nitrogens is 1. The van der Waals surface area contributed by atoms with Crippen LogP contribution in [0.3, 0.4) is 0 Å². The first-order valence-corrected chi connectivity index (χ1v) is 9.61. The second-order valence-corrected chi connectivity index (χ2v) is 7.35. The molecular weight excluding hydrogens is 382 g/mol. The van der Waals surface area contributed by atoms with Crippen molar-refractivity contribution in [1.82, 2.24) is 4.90 Å². The molecule has 0 saturated carbocycles. The van der Waals surface area contributed by atoms with Gasteiger partial charge < -0.3 is 24.3 Å². The van der Waals surface area contributed by atoms with Crippen LogP contribution in [-0.2, 0) is 4.79 Å².